The second-order valence-electron chi connectivity index (χ2n) is 2.36. The van der Waals surface area contributed by atoms with Crippen LogP contribution < -0.4 is 0 Å². The Hall–Kier alpha value is -0.780. The summed E-state index contributed by atoms with van der Waals surface area (Å²) in [5.74, 6) is 0. The Labute approximate surface area is 98.8 Å². The first kappa shape index (κ1) is 23.8. The lowest BCUT2D eigenvalue weighted by molar-refractivity contribution is 1.38. The van der Waals surface area contributed by atoms with Crippen LogP contribution in [0.3, 0.4) is 0 Å². The molecular formula is C15H32. The zero-order valence-corrected chi connectivity index (χ0v) is 12.4. The molecule has 0 aromatic heterocycles. The number of hydrogen-bond acceptors (Lipinski definition) is 0. The van der Waals surface area contributed by atoms with Gasteiger partial charge in [0, 0.05) is 0 Å². The molecule has 0 aliphatic rings. The van der Waals surface area contributed by atoms with E-state index in [1.54, 1.807) is 0 Å². The highest BCUT2D eigenvalue weighted by Gasteiger charge is 1.74. The van der Waals surface area contributed by atoms with Crippen LogP contribution in [0.25, 0.3) is 0 Å². The van der Waals surface area contributed by atoms with E-state index in [-0.39, 0.29) is 0 Å². The van der Waals surface area contributed by atoms with Crippen LogP contribution in [0.15, 0.2) is 36.0 Å². The maximum atomic E-state index is 3.64. The topological polar surface area (TPSA) is 0 Å². The predicted octanol–water partition coefficient (Wildman–Crippen LogP) is 6.16. The van der Waals surface area contributed by atoms with Gasteiger partial charge in [0.25, 0.3) is 0 Å². The molecule has 0 radical (unpaired) electrons. The molecule has 0 aliphatic heterocycles. The maximum absolute atomic E-state index is 3.64. The van der Waals surface area contributed by atoms with Crippen molar-refractivity contribution < 1.29 is 0 Å². The zero-order valence-electron chi connectivity index (χ0n) is 12.4. The molecule has 92 valence electrons. The molecular weight excluding hydrogens is 180 g/mol. The van der Waals surface area contributed by atoms with Crippen LogP contribution in [0.5, 0.6) is 0 Å². The van der Waals surface area contributed by atoms with E-state index in [9.17, 15) is 0 Å². The van der Waals surface area contributed by atoms with Crippen molar-refractivity contribution in [3.05, 3.63) is 36.0 Å². The third-order valence-electron chi connectivity index (χ3n) is 1.00. The van der Waals surface area contributed by atoms with Crippen molar-refractivity contribution >= 4 is 0 Å². The zero-order chi connectivity index (χ0) is 13.3. The molecule has 0 bridgehead atoms. The minimum atomic E-state index is 1.20. The average molecular weight is 212 g/mol. The predicted molar refractivity (Wildman–Crippen MR) is 77.4 cm³/mol. The molecule has 0 spiro atoms. The van der Waals surface area contributed by atoms with Crippen molar-refractivity contribution in [2.75, 3.05) is 0 Å². The summed E-state index contributed by atoms with van der Waals surface area (Å²) in [4.78, 5) is 0. The van der Waals surface area contributed by atoms with Crippen LogP contribution in [0.1, 0.15) is 62.3 Å². The first-order chi connectivity index (χ1) is 7.16. The molecule has 0 amide bonds. The van der Waals surface area contributed by atoms with Crippen LogP contribution >= 0.6 is 0 Å². The van der Waals surface area contributed by atoms with Crippen molar-refractivity contribution in [1.82, 2.24) is 0 Å². The lowest BCUT2D eigenvalue weighted by Gasteiger charge is -1.86. The van der Waals surface area contributed by atoms with Crippen molar-refractivity contribution in [2.45, 2.75) is 62.3 Å². The monoisotopic (exact) mass is 212 g/mol. The van der Waals surface area contributed by atoms with Gasteiger partial charge in [-0.25, -0.2) is 0 Å². The Morgan fingerprint density at radius 3 is 1.27 bits per heavy atom. The van der Waals surface area contributed by atoms with Gasteiger partial charge < -0.3 is 0 Å². The second-order valence-corrected chi connectivity index (χ2v) is 2.36. The molecule has 0 saturated heterocycles. The Balaban J connectivity index is -0.0000000860. The van der Waals surface area contributed by atoms with E-state index in [0.29, 0.717) is 0 Å². The van der Waals surface area contributed by atoms with E-state index < -0.39 is 0 Å². The molecule has 0 heterocycles. The third kappa shape index (κ3) is 43.0. The average Bonchev–Trinajstić information content (AvgIpc) is 2.33. The SMILES string of the molecule is C=C/C(C)=C\C=C(C)C.CC.CC.CC. The molecule has 0 aromatic rings. The molecule has 0 atom stereocenters. The van der Waals surface area contributed by atoms with Crippen LogP contribution in [0.2, 0.25) is 0 Å². The summed E-state index contributed by atoms with van der Waals surface area (Å²) in [6.07, 6.45) is 5.98. The minimum Gasteiger partial charge on any atom is -0.0988 e. The highest BCUT2D eigenvalue weighted by molar-refractivity contribution is 5.21. The van der Waals surface area contributed by atoms with Crippen molar-refractivity contribution in [3.63, 3.8) is 0 Å². The van der Waals surface area contributed by atoms with E-state index >= 15 is 0 Å². The van der Waals surface area contributed by atoms with E-state index in [0.717, 1.165) is 0 Å². The summed E-state index contributed by atoms with van der Waals surface area (Å²) in [7, 11) is 0. The molecule has 0 N–H and O–H groups in total. The van der Waals surface area contributed by atoms with Gasteiger partial charge in [-0.2, -0.15) is 0 Å². The number of allylic oxidation sites excluding steroid dienone is 5. The van der Waals surface area contributed by atoms with Crippen LogP contribution in [0.4, 0.5) is 0 Å². The van der Waals surface area contributed by atoms with E-state index in [1.165, 1.54) is 11.1 Å². The second kappa shape index (κ2) is 29.2. The molecule has 15 heavy (non-hydrogen) atoms. The van der Waals surface area contributed by atoms with Crippen molar-refractivity contribution in [3.8, 4) is 0 Å². The molecule has 0 nitrogen and oxygen atoms in total. The van der Waals surface area contributed by atoms with Crippen molar-refractivity contribution in [1.29, 1.82) is 0 Å². The Morgan fingerprint density at radius 2 is 1.07 bits per heavy atom. The standard InChI is InChI=1S/C9H14.3C2H6/c1-5-9(4)7-6-8(2)3;3*1-2/h5-7H,1H2,2-4H3;3*1-2H3/b9-7-;;;. The molecule has 0 rings (SSSR count). The maximum Gasteiger partial charge on any atom is -0.0398 e. The minimum absolute atomic E-state index is 1.20. The van der Waals surface area contributed by atoms with Gasteiger partial charge in [-0.1, -0.05) is 77.5 Å². The van der Waals surface area contributed by atoms with Crippen LogP contribution in [0, 0.1) is 0 Å². The first-order valence-electron chi connectivity index (χ1n) is 6.11. The van der Waals surface area contributed by atoms with Gasteiger partial charge in [0.2, 0.25) is 0 Å². The van der Waals surface area contributed by atoms with Crippen molar-refractivity contribution in [2.24, 2.45) is 0 Å². The van der Waals surface area contributed by atoms with Gasteiger partial charge >= 0.3 is 0 Å². The summed E-state index contributed by atoms with van der Waals surface area (Å²) in [6, 6.07) is 0. The first-order valence-corrected chi connectivity index (χ1v) is 6.11. The summed E-state index contributed by atoms with van der Waals surface area (Å²) in [5, 5.41) is 0. The van der Waals surface area contributed by atoms with Crippen LogP contribution in [-0.2, 0) is 0 Å². The Morgan fingerprint density at radius 1 is 0.733 bits per heavy atom. The van der Waals surface area contributed by atoms with Gasteiger partial charge in [0.15, 0.2) is 0 Å². The van der Waals surface area contributed by atoms with E-state index in [2.05, 4.69) is 32.6 Å². The normalized spacial score (nSPS) is 7.67. The summed E-state index contributed by atoms with van der Waals surface area (Å²) in [6.45, 7) is 21.8. The smallest absolute Gasteiger partial charge is 0.0398 e. The van der Waals surface area contributed by atoms with Gasteiger partial charge in [-0.3, -0.25) is 0 Å². The van der Waals surface area contributed by atoms with Crippen LogP contribution in [-0.4, -0.2) is 0 Å². The lowest BCUT2D eigenvalue weighted by atomic mass is 10.2. The highest BCUT2D eigenvalue weighted by Crippen LogP contribution is 1.96. The summed E-state index contributed by atoms with van der Waals surface area (Å²) < 4.78 is 0. The van der Waals surface area contributed by atoms with Gasteiger partial charge in [-0.05, 0) is 20.8 Å². The largest absolute Gasteiger partial charge is 0.0988 e. The van der Waals surface area contributed by atoms with Gasteiger partial charge in [0.05, 0.1) is 0 Å². The quantitative estimate of drug-likeness (QED) is 0.481. The molecule has 0 heteroatoms. The summed E-state index contributed by atoms with van der Waals surface area (Å²) >= 11 is 0. The van der Waals surface area contributed by atoms with E-state index in [4.69, 9.17) is 0 Å². The fourth-order valence-corrected chi connectivity index (χ4v) is 0.366. The molecule has 0 unspecified atom stereocenters. The Kier molecular flexibility index (Phi) is 46.3. The fourth-order valence-electron chi connectivity index (χ4n) is 0.366. The highest BCUT2D eigenvalue weighted by atomic mass is 13.8. The molecule has 0 saturated carbocycles. The third-order valence-corrected chi connectivity index (χ3v) is 1.00. The lowest BCUT2D eigenvalue weighted by Crippen LogP contribution is -1.64. The summed E-state index contributed by atoms with van der Waals surface area (Å²) in [5.41, 5.74) is 2.52. The fraction of sp³-hybridized carbons (Fsp3) is 0.600. The number of rotatable bonds is 2. The number of hydrogen-bond donors (Lipinski definition) is 0. The van der Waals surface area contributed by atoms with Gasteiger partial charge in [-0.15, -0.1) is 0 Å². The van der Waals surface area contributed by atoms with E-state index in [1.807, 2.05) is 54.5 Å². The molecule has 0 fully saturated rings. The molecule has 0 aliphatic carbocycles. The molecule has 0 aromatic carbocycles. The van der Waals surface area contributed by atoms with Gasteiger partial charge in [0.1, 0.15) is 0 Å². The Bertz CT molecular complexity index is 143.